The zero-order valence-electron chi connectivity index (χ0n) is 27.1. The third-order valence-corrected chi connectivity index (χ3v) is 8.76. The fourth-order valence-corrected chi connectivity index (χ4v) is 6.26. The number of aromatic nitrogens is 4. The minimum atomic E-state index is -2.86. The predicted octanol–water partition coefficient (Wildman–Crippen LogP) is 6.40. The molecule has 3 heterocycles. The first-order valence-electron chi connectivity index (χ1n) is 15.7. The van der Waals surface area contributed by atoms with Gasteiger partial charge in [-0.3, -0.25) is 14.4 Å². The van der Waals surface area contributed by atoms with Crippen LogP contribution in [0.3, 0.4) is 0 Å². The van der Waals surface area contributed by atoms with Gasteiger partial charge in [0.15, 0.2) is 11.5 Å². The molecule has 1 aliphatic heterocycles. The van der Waals surface area contributed by atoms with Crippen molar-refractivity contribution in [1.29, 1.82) is 0 Å². The fourth-order valence-electron chi connectivity index (χ4n) is 6.08. The molecule has 6 rings (SSSR count). The molecule has 0 bridgehead atoms. The highest BCUT2D eigenvalue weighted by atomic mass is 35.5. The molecule has 15 heteroatoms. The summed E-state index contributed by atoms with van der Waals surface area (Å²) in [7, 11) is 0. The summed E-state index contributed by atoms with van der Waals surface area (Å²) < 4.78 is 50.3. The minimum Gasteiger partial charge on any atom is -0.447 e. The summed E-state index contributed by atoms with van der Waals surface area (Å²) in [5.74, 6) is -1.57. The van der Waals surface area contributed by atoms with Gasteiger partial charge < -0.3 is 15.8 Å². The van der Waals surface area contributed by atoms with Crippen LogP contribution in [0.1, 0.15) is 69.3 Å². The number of rotatable bonds is 11. The third kappa shape index (κ3) is 7.28. The molecule has 1 aliphatic carbocycles. The number of guanidine groups is 1. The average molecular weight is 697 g/mol. The molecule has 0 unspecified atom stereocenters. The number of carbonyl (C=O) groups excluding carboxylic acids is 2. The third-order valence-electron chi connectivity index (χ3n) is 8.39. The summed E-state index contributed by atoms with van der Waals surface area (Å²) in [5, 5.41) is 11.1. The van der Waals surface area contributed by atoms with Gasteiger partial charge in [0.2, 0.25) is 0 Å². The van der Waals surface area contributed by atoms with E-state index in [1.54, 1.807) is 41.3 Å². The van der Waals surface area contributed by atoms with Gasteiger partial charge in [-0.1, -0.05) is 56.6 Å². The Morgan fingerprint density at radius 3 is 2.57 bits per heavy atom. The van der Waals surface area contributed by atoms with Crippen molar-refractivity contribution in [3.05, 3.63) is 94.8 Å². The van der Waals surface area contributed by atoms with Gasteiger partial charge in [0.05, 0.1) is 18.8 Å². The molecule has 2 aliphatic rings. The van der Waals surface area contributed by atoms with Crippen LogP contribution in [0.2, 0.25) is 5.02 Å². The van der Waals surface area contributed by atoms with E-state index >= 15 is 4.39 Å². The Labute approximate surface area is 285 Å². The number of alkyl halides is 2. The SMILES string of the molecule is CC(C)(C)C[C@]1(c2ccc(-c3cnn(C(F)F)c3)cc2F)N=C(N)N([C@H](COC(=O)NC2CC2)c2ccc(Cl)c(Cn3cccn3)c2)C1=O. The van der Waals surface area contributed by atoms with Crippen molar-refractivity contribution >= 4 is 29.6 Å². The smallest absolute Gasteiger partial charge is 0.407 e. The lowest BCUT2D eigenvalue weighted by Crippen LogP contribution is -2.48. The van der Waals surface area contributed by atoms with Gasteiger partial charge in [-0.25, -0.2) is 18.9 Å². The van der Waals surface area contributed by atoms with E-state index in [0.717, 1.165) is 25.1 Å². The molecule has 258 valence electrons. The van der Waals surface area contributed by atoms with E-state index in [9.17, 15) is 18.4 Å². The Morgan fingerprint density at radius 1 is 1.16 bits per heavy atom. The van der Waals surface area contributed by atoms with Crippen LogP contribution in [0.15, 0.2) is 72.2 Å². The number of carbonyl (C=O) groups is 2. The summed E-state index contributed by atoms with van der Waals surface area (Å²) in [4.78, 5) is 33.4. The summed E-state index contributed by atoms with van der Waals surface area (Å²) >= 11 is 6.57. The quantitative estimate of drug-likeness (QED) is 0.187. The van der Waals surface area contributed by atoms with Crippen LogP contribution in [-0.2, 0) is 21.6 Å². The fraction of sp³-hybridized carbons (Fsp3) is 0.382. The highest BCUT2D eigenvalue weighted by Gasteiger charge is 2.54. The van der Waals surface area contributed by atoms with E-state index in [2.05, 4.69) is 20.5 Å². The first-order chi connectivity index (χ1) is 23.2. The lowest BCUT2D eigenvalue weighted by Gasteiger charge is -2.35. The number of halogens is 4. The number of aliphatic imine (C=N–C) groups is 1. The van der Waals surface area contributed by atoms with Crippen LogP contribution in [0.25, 0.3) is 11.1 Å². The van der Waals surface area contributed by atoms with Crippen molar-refractivity contribution in [1.82, 2.24) is 29.8 Å². The number of nitrogens with two attached hydrogens (primary N) is 1. The van der Waals surface area contributed by atoms with Crippen molar-refractivity contribution in [3.63, 3.8) is 0 Å². The number of amides is 2. The Kier molecular flexibility index (Phi) is 9.18. The Hall–Kier alpha value is -4.85. The van der Waals surface area contributed by atoms with Crippen molar-refractivity contribution in [2.45, 2.75) is 70.8 Å². The van der Waals surface area contributed by atoms with Crippen molar-refractivity contribution in [2.75, 3.05) is 6.61 Å². The predicted molar refractivity (Wildman–Crippen MR) is 176 cm³/mol. The first-order valence-corrected chi connectivity index (χ1v) is 16.1. The zero-order valence-corrected chi connectivity index (χ0v) is 27.9. The summed E-state index contributed by atoms with van der Waals surface area (Å²) in [6.45, 7) is 2.87. The molecule has 0 saturated heterocycles. The van der Waals surface area contributed by atoms with Gasteiger partial charge in [-0.15, -0.1) is 0 Å². The van der Waals surface area contributed by atoms with Crippen molar-refractivity contribution in [3.8, 4) is 11.1 Å². The zero-order chi connectivity index (χ0) is 35.1. The lowest BCUT2D eigenvalue weighted by molar-refractivity contribution is -0.135. The molecule has 3 N–H and O–H groups in total. The molecule has 11 nitrogen and oxygen atoms in total. The molecule has 2 atom stereocenters. The number of nitrogens with zero attached hydrogens (tertiary/aromatic N) is 6. The largest absolute Gasteiger partial charge is 0.447 e. The van der Waals surface area contributed by atoms with Crippen LogP contribution in [0.5, 0.6) is 0 Å². The Morgan fingerprint density at radius 2 is 1.94 bits per heavy atom. The van der Waals surface area contributed by atoms with E-state index in [4.69, 9.17) is 22.1 Å². The molecule has 2 amide bonds. The molecular formula is C34H36ClF3N8O3. The van der Waals surface area contributed by atoms with Crippen LogP contribution >= 0.6 is 11.6 Å². The summed E-state index contributed by atoms with van der Waals surface area (Å²) in [6, 6.07) is 10.2. The van der Waals surface area contributed by atoms with Gasteiger partial charge in [-0.2, -0.15) is 19.0 Å². The second kappa shape index (κ2) is 13.2. The molecule has 0 spiro atoms. The van der Waals surface area contributed by atoms with Gasteiger partial charge in [0.1, 0.15) is 12.4 Å². The lowest BCUT2D eigenvalue weighted by atomic mass is 9.75. The van der Waals surface area contributed by atoms with Gasteiger partial charge in [0, 0.05) is 40.8 Å². The first kappa shape index (κ1) is 34.0. The highest BCUT2D eigenvalue weighted by Crippen LogP contribution is 2.46. The molecule has 2 aromatic heterocycles. The topological polar surface area (TPSA) is 133 Å². The van der Waals surface area contributed by atoms with Gasteiger partial charge >= 0.3 is 12.6 Å². The van der Waals surface area contributed by atoms with Crippen LogP contribution < -0.4 is 11.1 Å². The maximum Gasteiger partial charge on any atom is 0.407 e. The number of alkyl carbamates (subject to hydrolysis) is 1. The monoisotopic (exact) mass is 696 g/mol. The van der Waals surface area contributed by atoms with Gasteiger partial charge in [0.25, 0.3) is 5.91 Å². The van der Waals surface area contributed by atoms with Gasteiger partial charge in [-0.05, 0) is 59.6 Å². The number of benzene rings is 2. The summed E-state index contributed by atoms with van der Waals surface area (Å²) in [5.41, 5.74) is 5.99. The van der Waals surface area contributed by atoms with Crippen LogP contribution in [-0.4, -0.2) is 55.1 Å². The minimum absolute atomic E-state index is 0.0375. The number of nitrogens with one attached hydrogen (secondary N) is 1. The second-order valence-electron chi connectivity index (χ2n) is 13.5. The normalized spacial score (nSPS) is 18.6. The van der Waals surface area contributed by atoms with Crippen molar-refractivity contribution in [2.24, 2.45) is 16.1 Å². The van der Waals surface area contributed by atoms with Crippen molar-refractivity contribution < 1.29 is 27.5 Å². The molecular weight excluding hydrogens is 661 g/mol. The molecule has 1 fully saturated rings. The van der Waals surface area contributed by atoms with E-state index in [-0.39, 0.29) is 41.7 Å². The van der Waals surface area contributed by atoms with Crippen LogP contribution in [0, 0.1) is 11.2 Å². The molecule has 49 heavy (non-hydrogen) atoms. The highest BCUT2D eigenvalue weighted by molar-refractivity contribution is 6.31. The standard InChI is InChI=1S/C34H36ClF3N8O3/c1-33(2,3)19-34(25-9-5-20(14-27(25)36)23-15-41-45(17-23)30(37)38)29(47)46(31(39)43-34)28(18-49-32(48)42-24-7-8-24)21-6-10-26(35)22(13-21)16-44-12-4-11-40-44/h4-6,9-15,17,24,28,30H,7-8,16,18-19H2,1-3H3,(H2,39,43)(H,42,48)/t28-,34-/m1/s1. The molecule has 0 radical (unpaired) electrons. The van der Waals surface area contributed by atoms with Crippen LogP contribution in [0.4, 0.5) is 18.0 Å². The Balaban J connectivity index is 1.39. The Bertz CT molecular complexity index is 1890. The van der Waals surface area contributed by atoms with E-state index in [1.807, 2.05) is 20.8 Å². The number of hydrogen-bond donors (Lipinski definition) is 2. The molecule has 2 aromatic carbocycles. The number of hydrogen-bond acceptors (Lipinski definition) is 7. The summed E-state index contributed by atoms with van der Waals surface area (Å²) in [6.07, 6.45) is 6.88. The molecule has 1 saturated carbocycles. The maximum absolute atomic E-state index is 16.2. The molecule has 4 aromatic rings. The van der Waals surface area contributed by atoms with E-state index < -0.39 is 41.4 Å². The number of ether oxygens (including phenoxy) is 1. The maximum atomic E-state index is 16.2. The second-order valence-corrected chi connectivity index (χ2v) is 13.9. The van der Waals surface area contributed by atoms with E-state index in [1.165, 1.54) is 23.2 Å². The van der Waals surface area contributed by atoms with E-state index in [0.29, 0.717) is 27.4 Å². The average Bonchev–Trinajstić information content (AvgIpc) is 3.37.